The van der Waals surface area contributed by atoms with Gasteiger partial charge in [0, 0.05) is 222 Å². The van der Waals surface area contributed by atoms with Gasteiger partial charge in [0.1, 0.15) is 50.0 Å². The van der Waals surface area contributed by atoms with Crippen molar-refractivity contribution in [1.29, 1.82) is 0 Å². The molecular formula is C98H122N24O9S4. The number of aromatic carboxylic acids is 1. The normalized spacial score (nSPS) is 18.3. The lowest BCUT2D eigenvalue weighted by Crippen LogP contribution is -2.50. The lowest BCUT2D eigenvalue weighted by molar-refractivity contribution is 0.0230. The first-order valence-electron chi connectivity index (χ1n) is 46.5. The number of carboxylic acids is 1. The van der Waals surface area contributed by atoms with Gasteiger partial charge in [-0.05, 0) is 216 Å². The molecule has 712 valence electrons. The van der Waals surface area contributed by atoms with E-state index in [1.54, 1.807) is 15.9 Å². The van der Waals surface area contributed by atoms with Gasteiger partial charge in [0.05, 0.1) is 70.3 Å². The number of nitrogens with zero attached hydrogens (tertiary/aromatic N) is 14. The maximum atomic E-state index is 13.0. The summed E-state index contributed by atoms with van der Waals surface area (Å²) in [5.41, 5.74) is 49.1. The number of nitrogens with two attached hydrogens (primary N) is 5. The number of rotatable bonds is 11. The number of nitrogen functional groups attached to an aromatic ring is 4. The van der Waals surface area contributed by atoms with E-state index < -0.39 is 17.2 Å². The van der Waals surface area contributed by atoms with Crippen LogP contribution in [0, 0.1) is 27.7 Å². The standard InChI is InChI=1S/C27H34N6O3S.2C22H26N6OS.C18H28N4O2.C9H8N2O2S/c1-16-5-8-20-22(28)23(37-25(20)30-16)24(34)31-18-7-6-17-13-19(15-29-21(17)14-18)32-9-11-33(12-10-32)26(35)36-27(2,3)4;2*1-13-2-5-17-19(23)20(30-22(17)26-13)21(29)27-15-4-3-14-10-16(12-25-18(14)11-15)28-8-6-24-7-9-28;1-18(2,3)24-17(23)22-8-6-21(7-9-22)15-10-13-4-5-14(19)11-16(13)20-12-15;1-4-2-3-5-6(10)7(9(12)13)14-8(5)11-4/h5,8,13,15,18H,6-7,9-12,14,28H2,1-4H3,(H,31,34);2*2,5,10,12,15,24H,3-4,6-9,11,23H2,1H3,(H,27,29);10,12,14H,4-9,11,19H2,1-3H3;2-3H,10H2,1H3,(H,12,13)/t;2*15-;;/m.10../s1. The molecule has 5 amide bonds. The number of hydrogen-bond donors (Lipinski definition) is 11. The van der Waals surface area contributed by atoms with Crippen molar-refractivity contribution >= 4 is 168 Å². The highest BCUT2D eigenvalue weighted by molar-refractivity contribution is 7.22. The topological polar surface area (TPSA) is 454 Å². The molecule has 16 heterocycles. The summed E-state index contributed by atoms with van der Waals surface area (Å²) in [6.07, 6.45) is 17.8. The molecule has 0 bridgehead atoms. The van der Waals surface area contributed by atoms with Gasteiger partial charge in [-0.1, -0.05) is 0 Å². The zero-order valence-corrected chi connectivity index (χ0v) is 81.6. The quantitative estimate of drug-likeness (QED) is 0.0573. The zero-order chi connectivity index (χ0) is 95.3. The van der Waals surface area contributed by atoms with E-state index in [0.717, 1.165) is 253 Å². The van der Waals surface area contributed by atoms with Crippen LogP contribution in [0.5, 0.6) is 0 Å². The molecule has 12 aromatic heterocycles. The van der Waals surface area contributed by atoms with Gasteiger partial charge in [-0.3, -0.25) is 34.3 Å². The number of piperazine rings is 4. The second-order valence-electron chi connectivity index (χ2n) is 37.7. The molecule has 4 aliphatic carbocycles. The molecule has 4 aliphatic heterocycles. The van der Waals surface area contributed by atoms with Crippen LogP contribution < -0.4 is 74.9 Å². The van der Waals surface area contributed by atoms with Gasteiger partial charge in [-0.2, -0.15) is 0 Å². The number of pyridine rings is 8. The van der Waals surface area contributed by atoms with Crippen LogP contribution in [0.4, 0.5) is 55.1 Å². The van der Waals surface area contributed by atoms with Gasteiger partial charge in [-0.25, -0.2) is 34.3 Å². The van der Waals surface area contributed by atoms with Crippen LogP contribution in [0.15, 0.2) is 97.6 Å². The van der Waals surface area contributed by atoms with E-state index in [1.807, 2.05) is 136 Å². The third kappa shape index (κ3) is 23.3. The fraction of sp³-hybridized carbons (Fsp3) is 0.449. The van der Waals surface area contributed by atoms with Crippen LogP contribution in [-0.2, 0) is 60.8 Å². The number of fused-ring (bicyclic) bond motifs is 8. The summed E-state index contributed by atoms with van der Waals surface area (Å²) < 4.78 is 10.9. The van der Waals surface area contributed by atoms with Crippen LogP contribution >= 0.6 is 45.3 Å². The Labute approximate surface area is 801 Å². The third-order valence-corrected chi connectivity index (χ3v) is 29.8. The fourth-order valence-corrected chi connectivity index (χ4v) is 22.1. The van der Waals surface area contributed by atoms with E-state index in [1.165, 1.54) is 67.6 Å². The number of ether oxygens (including phenoxy) is 2. The minimum absolute atomic E-state index is 0.00929. The molecule has 0 aromatic carbocycles. The number of aryl methyl sites for hydroxylation is 8. The van der Waals surface area contributed by atoms with Gasteiger partial charge in [0.2, 0.25) is 0 Å². The number of nitrogens with one attached hydrogen (secondary N) is 5. The number of carbonyl (C=O) groups excluding carboxylic acids is 5. The molecule has 4 atom stereocenters. The van der Waals surface area contributed by atoms with E-state index in [9.17, 15) is 28.8 Å². The van der Waals surface area contributed by atoms with Gasteiger partial charge >= 0.3 is 18.2 Å². The Bertz CT molecular complexity index is 6220. The average Bonchev–Trinajstić information content (AvgIpc) is 1.79. The molecule has 0 radical (unpaired) electrons. The van der Waals surface area contributed by atoms with Crippen molar-refractivity contribution in [3.63, 3.8) is 0 Å². The largest absolute Gasteiger partial charge is 0.477 e. The molecule has 135 heavy (non-hydrogen) atoms. The molecule has 0 saturated carbocycles. The Balaban J connectivity index is 0.000000126. The molecule has 0 spiro atoms. The lowest BCUT2D eigenvalue weighted by atomic mass is 9.91. The maximum absolute atomic E-state index is 13.0. The summed E-state index contributed by atoms with van der Waals surface area (Å²) in [6, 6.07) is 24.6. The van der Waals surface area contributed by atoms with E-state index >= 15 is 0 Å². The predicted molar refractivity (Wildman–Crippen MR) is 539 cm³/mol. The Kier molecular flexibility index (Phi) is 29.5. The van der Waals surface area contributed by atoms with E-state index in [0.29, 0.717) is 74.8 Å². The minimum Gasteiger partial charge on any atom is -0.477 e. The molecule has 4 saturated heterocycles. The van der Waals surface area contributed by atoms with Crippen LogP contribution in [0.25, 0.3) is 40.9 Å². The van der Waals surface area contributed by atoms with Crippen molar-refractivity contribution in [2.24, 2.45) is 5.73 Å². The second kappa shape index (κ2) is 41.5. The highest BCUT2D eigenvalue weighted by Gasteiger charge is 2.34. The van der Waals surface area contributed by atoms with Crippen LogP contribution in [0.2, 0.25) is 0 Å². The van der Waals surface area contributed by atoms with Crippen molar-refractivity contribution in [2.75, 3.05) is 147 Å². The summed E-state index contributed by atoms with van der Waals surface area (Å²) in [7, 11) is 0. The van der Waals surface area contributed by atoms with Crippen molar-refractivity contribution in [1.82, 2.24) is 76.3 Å². The molecule has 12 aromatic rings. The first kappa shape index (κ1) is 95.9. The molecule has 20 rings (SSSR count). The Morgan fingerprint density at radius 1 is 0.385 bits per heavy atom. The molecule has 16 N–H and O–H groups in total. The monoisotopic (exact) mass is 1910 g/mol. The van der Waals surface area contributed by atoms with Gasteiger partial charge < -0.3 is 99.2 Å². The van der Waals surface area contributed by atoms with Crippen LogP contribution in [0.3, 0.4) is 0 Å². The zero-order valence-electron chi connectivity index (χ0n) is 78.3. The summed E-state index contributed by atoms with van der Waals surface area (Å²) in [5, 5.41) is 28.4. The van der Waals surface area contributed by atoms with E-state index in [2.05, 4.69) is 95.4 Å². The highest BCUT2D eigenvalue weighted by atomic mass is 32.1. The number of anilines is 8. The number of amides is 5. The van der Waals surface area contributed by atoms with Crippen molar-refractivity contribution in [2.45, 2.75) is 182 Å². The first-order valence-corrected chi connectivity index (χ1v) is 49.7. The van der Waals surface area contributed by atoms with Gasteiger partial charge in [-0.15, -0.1) is 45.3 Å². The van der Waals surface area contributed by atoms with Crippen molar-refractivity contribution < 1.29 is 43.3 Å². The molecular weight excluding hydrogens is 1790 g/mol. The number of hydrogen-bond acceptors (Lipinski definition) is 31. The van der Waals surface area contributed by atoms with Crippen molar-refractivity contribution in [3.8, 4) is 0 Å². The van der Waals surface area contributed by atoms with Gasteiger partial charge in [0.15, 0.2) is 0 Å². The number of thiophene rings is 4. The SMILES string of the molecule is CC(C)(C)OC(=O)N1CCN(c2cnc3c(c2)CCC(N)C3)CC1.Cc1ccc2c(N)c(C(=O)NC3CCc4cc(N5CCN(C(=O)OC(C)(C)C)CC5)cnc4C3)sc2n1.Cc1ccc2c(N)c(C(=O)N[C@@H]3CCc4cc(N5CCNCC5)cnc4C3)sc2n1.Cc1ccc2c(N)c(C(=O)N[C@H]3CCc4cc(N5CCNCC5)cnc4C3)sc2n1.Cc1ccc2c(N)c(C(=O)O)sc2n1. The highest BCUT2D eigenvalue weighted by Crippen LogP contribution is 2.39. The first-order chi connectivity index (χ1) is 64.6. The summed E-state index contributed by atoms with van der Waals surface area (Å²) in [5.74, 6) is -1.37. The molecule has 4 fully saturated rings. The van der Waals surface area contributed by atoms with Gasteiger partial charge in [0.25, 0.3) is 17.7 Å². The molecule has 2 unspecified atom stereocenters. The summed E-state index contributed by atoms with van der Waals surface area (Å²) >= 11 is 5.18. The van der Waals surface area contributed by atoms with E-state index in [-0.39, 0.29) is 59.0 Å². The van der Waals surface area contributed by atoms with Crippen LogP contribution in [-0.4, -0.2) is 231 Å². The Morgan fingerprint density at radius 2 is 0.652 bits per heavy atom. The maximum Gasteiger partial charge on any atom is 0.410 e. The molecule has 33 nitrogen and oxygen atoms in total. The van der Waals surface area contributed by atoms with Crippen LogP contribution in [0.1, 0.15) is 174 Å². The Morgan fingerprint density at radius 3 is 0.941 bits per heavy atom. The third-order valence-electron chi connectivity index (χ3n) is 25.3. The summed E-state index contributed by atoms with van der Waals surface area (Å²) in [4.78, 5) is 129. The van der Waals surface area contributed by atoms with Crippen molar-refractivity contribution in [3.05, 3.63) is 185 Å². The average molecular weight is 1910 g/mol. The number of carboxylic acid groups (broad SMARTS) is 1. The van der Waals surface area contributed by atoms with E-state index in [4.69, 9.17) is 58.2 Å². The fourth-order valence-electron chi connectivity index (χ4n) is 18.0. The Hall–Kier alpha value is -12.3. The number of carbonyl (C=O) groups is 6. The smallest absolute Gasteiger partial charge is 0.410 e. The minimum atomic E-state index is -0.997. The molecule has 37 heteroatoms. The number of aromatic nitrogens is 8. The lowest BCUT2D eigenvalue weighted by Gasteiger charge is -2.37. The second-order valence-corrected chi connectivity index (χ2v) is 41.7. The molecule has 8 aliphatic rings. The summed E-state index contributed by atoms with van der Waals surface area (Å²) in [6.45, 7) is 32.8. The predicted octanol–water partition coefficient (Wildman–Crippen LogP) is 12.3.